The van der Waals surface area contributed by atoms with Crippen LogP contribution in [0.2, 0.25) is 0 Å². The number of rotatable bonds is 29. The van der Waals surface area contributed by atoms with Crippen molar-refractivity contribution < 1.29 is 23.4 Å². The molecule has 0 saturated carbocycles. The van der Waals surface area contributed by atoms with Crippen LogP contribution in [0.1, 0.15) is 141 Å². The minimum absolute atomic E-state index is 0.142. The molecule has 0 N–H and O–H groups in total. The molecule has 1 unspecified atom stereocenters. The molecule has 0 bridgehead atoms. The first-order chi connectivity index (χ1) is 19.3. The Bertz CT molecular complexity index is 639. The first-order valence-electron chi connectivity index (χ1n) is 16.2. The standard InChI is InChI=1S/C34H59FO4/c1-2-3-4-15-21-26-34(36)39-33(31-38-29-32-24-19-18-20-25-32)30-37-28-23-17-14-12-10-8-6-5-7-9-11-13-16-22-27-35/h18-20,24-25,33H,2-17,21-23,26-31H2,1H3/i35-1. The zero-order chi connectivity index (χ0) is 28.1. The molecule has 1 rings (SSSR count). The van der Waals surface area contributed by atoms with Crippen molar-refractivity contribution in [2.45, 2.75) is 148 Å². The summed E-state index contributed by atoms with van der Waals surface area (Å²) in [6, 6.07) is 10.1. The quantitative estimate of drug-likeness (QED) is 0.0737. The molecule has 0 amide bonds. The van der Waals surface area contributed by atoms with Crippen LogP contribution in [-0.2, 0) is 25.6 Å². The fraction of sp³-hybridized carbons (Fsp3) is 0.794. The summed E-state index contributed by atoms with van der Waals surface area (Å²) < 4.78 is 29.5. The maximum absolute atomic E-state index is 12.4. The van der Waals surface area contributed by atoms with Gasteiger partial charge in [0.2, 0.25) is 0 Å². The predicted molar refractivity (Wildman–Crippen MR) is 161 cm³/mol. The lowest BCUT2D eigenvalue weighted by atomic mass is 10.0. The Kier molecular flexibility index (Phi) is 25.6. The van der Waals surface area contributed by atoms with Gasteiger partial charge in [-0.25, -0.2) is 0 Å². The average molecular weight is 550 g/mol. The SMILES string of the molecule is CCCCCCCC(=O)OC(COCCCCCCCCCCCCCCCC[18F])COCc1ccccc1. The summed E-state index contributed by atoms with van der Waals surface area (Å²) >= 11 is 0. The molecule has 4 nitrogen and oxygen atoms in total. The van der Waals surface area contributed by atoms with E-state index in [4.69, 9.17) is 14.2 Å². The van der Waals surface area contributed by atoms with E-state index in [0.29, 0.717) is 32.8 Å². The van der Waals surface area contributed by atoms with Crippen LogP contribution in [-0.4, -0.2) is 38.6 Å². The highest BCUT2D eigenvalue weighted by Gasteiger charge is 2.15. The average Bonchev–Trinajstić information content (AvgIpc) is 2.95. The zero-order valence-corrected chi connectivity index (χ0v) is 25.2. The van der Waals surface area contributed by atoms with Gasteiger partial charge in [-0.3, -0.25) is 9.18 Å². The van der Waals surface area contributed by atoms with Gasteiger partial charge in [0.25, 0.3) is 0 Å². The van der Waals surface area contributed by atoms with E-state index in [1.807, 2.05) is 30.3 Å². The van der Waals surface area contributed by atoms with Crippen LogP contribution < -0.4 is 0 Å². The van der Waals surface area contributed by atoms with E-state index in [1.54, 1.807) is 0 Å². The topological polar surface area (TPSA) is 44.8 Å². The van der Waals surface area contributed by atoms with Crippen LogP contribution in [0.15, 0.2) is 30.3 Å². The Hall–Kier alpha value is -1.46. The smallest absolute Gasteiger partial charge is 0.306 e. The van der Waals surface area contributed by atoms with Crippen LogP contribution >= 0.6 is 0 Å². The van der Waals surface area contributed by atoms with Gasteiger partial charge in [0, 0.05) is 13.0 Å². The number of benzene rings is 1. The molecule has 0 radical (unpaired) electrons. The van der Waals surface area contributed by atoms with Gasteiger partial charge in [0.05, 0.1) is 26.5 Å². The number of halogens is 1. The van der Waals surface area contributed by atoms with Gasteiger partial charge in [-0.15, -0.1) is 0 Å². The largest absolute Gasteiger partial charge is 0.457 e. The van der Waals surface area contributed by atoms with Crippen LogP contribution in [0.25, 0.3) is 0 Å². The highest BCUT2D eigenvalue weighted by atomic mass is 18.2. The van der Waals surface area contributed by atoms with E-state index in [1.165, 1.54) is 89.9 Å². The monoisotopic (exact) mass is 549 g/mol. The summed E-state index contributed by atoms with van der Waals surface area (Å²) in [6.07, 6.45) is 22.7. The van der Waals surface area contributed by atoms with E-state index >= 15 is 0 Å². The van der Waals surface area contributed by atoms with Crippen molar-refractivity contribution in [1.29, 1.82) is 0 Å². The Morgan fingerprint density at radius 2 is 1.18 bits per heavy atom. The van der Waals surface area contributed by atoms with Crippen molar-refractivity contribution in [1.82, 2.24) is 0 Å². The Balaban J connectivity index is 2.08. The Labute approximate surface area is 239 Å². The van der Waals surface area contributed by atoms with Gasteiger partial charge in [-0.05, 0) is 24.8 Å². The molecule has 0 aliphatic heterocycles. The van der Waals surface area contributed by atoms with Gasteiger partial charge in [0.1, 0.15) is 6.10 Å². The number of unbranched alkanes of at least 4 members (excludes halogenated alkanes) is 17. The van der Waals surface area contributed by atoms with Crippen LogP contribution in [0.4, 0.5) is 4.39 Å². The van der Waals surface area contributed by atoms with Gasteiger partial charge in [-0.1, -0.05) is 140 Å². The Morgan fingerprint density at radius 1 is 0.667 bits per heavy atom. The van der Waals surface area contributed by atoms with Crippen LogP contribution in [0.5, 0.6) is 0 Å². The molecule has 0 aliphatic rings. The molecule has 5 heteroatoms. The molecule has 0 spiro atoms. The fourth-order valence-corrected chi connectivity index (χ4v) is 4.75. The van der Waals surface area contributed by atoms with E-state index in [0.717, 1.165) is 37.7 Å². The van der Waals surface area contributed by atoms with Crippen molar-refractivity contribution in [2.24, 2.45) is 0 Å². The first-order valence-corrected chi connectivity index (χ1v) is 16.2. The maximum atomic E-state index is 12.4. The summed E-state index contributed by atoms with van der Waals surface area (Å²) in [5, 5.41) is 0. The lowest BCUT2D eigenvalue weighted by molar-refractivity contribution is -0.156. The highest BCUT2D eigenvalue weighted by molar-refractivity contribution is 5.69. The van der Waals surface area contributed by atoms with Crippen LogP contribution in [0, 0.1) is 0 Å². The lowest BCUT2D eigenvalue weighted by Crippen LogP contribution is -2.28. The molecular formula is C34H59FO4. The van der Waals surface area contributed by atoms with Gasteiger partial charge in [-0.2, -0.15) is 0 Å². The minimum atomic E-state index is -0.355. The second-order valence-corrected chi connectivity index (χ2v) is 11.0. The molecular weight excluding hydrogens is 490 g/mol. The summed E-state index contributed by atoms with van der Waals surface area (Å²) in [7, 11) is 0. The van der Waals surface area contributed by atoms with Crippen molar-refractivity contribution in [3.8, 4) is 0 Å². The number of carbonyl (C=O) groups is 1. The number of hydrogen-bond donors (Lipinski definition) is 0. The van der Waals surface area contributed by atoms with E-state index in [9.17, 15) is 9.18 Å². The maximum Gasteiger partial charge on any atom is 0.306 e. The zero-order valence-electron chi connectivity index (χ0n) is 25.2. The minimum Gasteiger partial charge on any atom is -0.457 e. The third-order valence-electron chi connectivity index (χ3n) is 7.17. The van der Waals surface area contributed by atoms with Gasteiger partial charge < -0.3 is 14.2 Å². The lowest BCUT2D eigenvalue weighted by Gasteiger charge is -2.18. The molecule has 1 atom stereocenters. The summed E-state index contributed by atoms with van der Waals surface area (Å²) in [5.41, 5.74) is 1.11. The highest BCUT2D eigenvalue weighted by Crippen LogP contribution is 2.13. The molecule has 0 aromatic heterocycles. The molecule has 0 saturated heterocycles. The van der Waals surface area contributed by atoms with Gasteiger partial charge in [0.15, 0.2) is 0 Å². The number of ether oxygens (including phenoxy) is 3. The molecule has 0 heterocycles. The van der Waals surface area contributed by atoms with E-state index in [2.05, 4.69) is 6.92 Å². The number of hydrogen-bond acceptors (Lipinski definition) is 4. The molecule has 226 valence electrons. The van der Waals surface area contributed by atoms with Crippen molar-refractivity contribution in [3.63, 3.8) is 0 Å². The fourth-order valence-electron chi connectivity index (χ4n) is 4.75. The normalized spacial score (nSPS) is 12.1. The van der Waals surface area contributed by atoms with Crippen molar-refractivity contribution in [3.05, 3.63) is 35.9 Å². The second kappa shape index (κ2) is 28.1. The van der Waals surface area contributed by atoms with Gasteiger partial charge >= 0.3 is 5.97 Å². The predicted octanol–water partition coefficient (Wildman–Crippen LogP) is 9.92. The second-order valence-electron chi connectivity index (χ2n) is 11.0. The third kappa shape index (κ3) is 24.1. The molecule has 1 aromatic rings. The summed E-state index contributed by atoms with van der Waals surface area (Å²) in [5.74, 6) is -0.142. The first kappa shape index (κ1) is 35.6. The van der Waals surface area contributed by atoms with Crippen molar-refractivity contribution >= 4 is 5.97 Å². The molecule has 0 fully saturated rings. The number of alkyl halides is 1. The number of carbonyl (C=O) groups excluding carboxylic acids is 1. The summed E-state index contributed by atoms with van der Waals surface area (Å²) in [4.78, 5) is 12.4. The van der Waals surface area contributed by atoms with Crippen LogP contribution in [0.3, 0.4) is 0 Å². The molecule has 39 heavy (non-hydrogen) atoms. The van der Waals surface area contributed by atoms with E-state index < -0.39 is 0 Å². The van der Waals surface area contributed by atoms with Crippen molar-refractivity contribution in [2.75, 3.05) is 26.5 Å². The Morgan fingerprint density at radius 3 is 1.77 bits per heavy atom. The molecule has 0 aliphatic carbocycles. The van der Waals surface area contributed by atoms with E-state index in [-0.39, 0.29) is 18.7 Å². The summed E-state index contributed by atoms with van der Waals surface area (Å²) in [6.45, 7) is 4.00. The number of esters is 1. The third-order valence-corrected chi connectivity index (χ3v) is 7.17. The molecule has 1 aromatic carbocycles.